The van der Waals surface area contributed by atoms with Crippen molar-refractivity contribution in [2.75, 3.05) is 13.1 Å². The average molecular weight is 329 g/mol. The summed E-state index contributed by atoms with van der Waals surface area (Å²) in [5.41, 5.74) is 1.76. The van der Waals surface area contributed by atoms with E-state index in [0.717, 1.165) is 43.4 Å². The fraction of sp³-hybridized carbons (Fsp3) is 0.579. The lowest BCUT2D eigenvalue weighted by Crippen LogP contribution is -2.35. The van der Waals surface area contributed by atoms with E-state index < -0.39 is 6.10 Å². The molecule has 1 aromatic heterocycles. The van der Waals surface area contributed by atoms with Crippen LogP contribution in [0.2, 0.25) is 0 Å². The number of aliphatic hydroxyl groups excluding tert-OH is 1. The number of nitrogens with zero attached hydrogens (tertiary/aromatic N) is 3. The van der Waals surface area contributed by atoms with Gasteiger partial charge in [-0.3, -0.25) is 4.79 Å². The summed E-state index contributed by atoms with van der Waals surface area (Å²) in [6.45, 7) is 3.99. The molecule has 1 aliphatic heterocycles. The van der Waals surface area contributed by atoms with Gasteiger partial charge >= 0.3 is 0 Å². The van der Waals surface area contributed by atoms with Crippen molar-refractivity contribution < 1.29 is 9.90 Å². The number of likely N-dealkylation sites (tertiary alicyclic amines) is 1. The van der Waals surface area contributed by atoms with Crippen LogP contribution in [0.5, 0.6) is 0 Å². The van der Waals surface area contributed by atoms with Crippen LogP contribution in [0.4, 0.5) is 0 Å². The van der Waals surface area contributed by atoms with Crippen LogP contribution in [-0.2, 0) is 11.3 Å². The smallest absolute Gasteiger partial charge is 0.242 e. The fourth-order valence-corrected chi connectivity index (χ4v) is 3.47. The molecular weight excluding hydrogens is 302 g/mol. The summed E-state index contributed by atoms with van der Waals surface area (Å²) in [4.78, 5) is 19.4. The summed E-state index contributed by atoms with van der Waals surface area (Å²) in [7, 11) is 0. The molecule has 1 aliphatic rings. The van der Waals surface area contributed by atoms with Gasteiger partial charge in [-0.05, 0) is 31.4 Å². The van der Waals surface area contributed by atoms with Gasteiger partial charge in [0.1, 0.15) is 18.5 Å². The molecule has 24 heavy (non-hydrogen) atoms. The molecule has 2 heterocycles. The zero-order valence-corrected chi connectivity index (χ0v) is 14.4. The number of aromatic nitrogens is 2. The van der Waals surface area contributed by atoms with Crippen LogP contribution < -0.4 is 0 Å². The number of benzene rings is 1. The van der Waals surface area contributed by atoms with Gasteiger partial charge in [-0.15, -0.1) is 0 Å². The van der Waals surface area contributed by atoms with E-state index in [-0.39, 0.29) is 12.5 Å². The third kappa shape index (κ3) is 3.61. The number of hydrogen-bond donors (Lipinski definition) is 1. The van der Waals surface area contributed by atoms with Gasteiger partial charge in [-0.25, -0.2) is 4.98 Å². The van der Waals surface area contributed by atoms with Gasteiger partial charge in [-0.1, -0.05) is 38.3 Å². The number of amides is 1. The van der Waals surface area contributed by atoms with Crippen molar-refractivity contribution in [2.24, 2.45) is 0 Å². The summed E-state index contributed by atoms with van der Waals surface area (Å²) in [5, 5.41) is 10.5. The molecule has 1 saturated heterocycles. The average Bonchev–Trinajstić information content (AvgIpc) is 2.76. The van der Waals surface area contributed by atoms with Gasteiger partial charge < -0.3 is 14.6 Å². The molecule has 1 N–H and O–H groups in total. The third-order valence-corrected chi connectivity index (χ3v) is 4.80. The van der Waals surface area contributed by atoms with E-state index in [1.54, 1.807) is 0 Å². The van der Waals surface area contributed by atoms with Gasteiger partial charge in [0.05, 0.1) is 11.0 Å². The number of imidazole rings is 1. The van der Waals surface area contributed by atoms with Crippen molar-refractivity contribution >= 4 is 16.9 Å². The van der Waals surface area contributed by atoms with E-state index in [1.807, 2.05) is 40.7 Å². The van der Waals surface area contributed by atoms with Crippen LogP contribution in [0.3, 0.4) is 0 Å². The van der Waals surface area contributed by atoms with Crippen molar-refractivity contribution in [3.63, 3.8) is 0 Å². The number of hydrogen-bond acceptors (Lipinski definition) is 3. The Bertz CT molecular complexity index is 687. The number of para-hydroxylation sites is 2. The van der Waals surface area contributed by atoms with Crippen molar-refractivity contribution in [3.05, 3.63) is 30.1 Å². The highest BCUT2D eigenvalue weighted by molar-refractivity contribution is 5.81. The van der Waals surface area contributed by atoms with E-state index in [0.29, 0.717) is 12.2 Å². The first-order chi connectivity index (χ1) is 11.7. The topological polar surface area (TPSA) is 58.4 Å². The number of rotatable bonds is 5. The minimum absolute atomic E-state index is 0.130. The Morgan fingerprint density at radius 1 is 1.21 bits per heavy atom. The van der Waals surface area contributed by atoms with Crippen molar-refractivity contribution in [3.8, 4) is 0 Å². The number of aliphatic hydroxyl groups is 1. The molecule has 0 radical (unpaired) electrons. The standard InChI is InChI=1S/C19H27N3O2/c1-2-9-17(23)19-20-15-10-5-6-11-16(15)22(19)14-18(24)21-12-7-3-4-8-13-21/h5-6,10-11,17,23H,2-4,7-9,12-14H2,1H3. The van der Waals surface area contributed by atoms with E-state index in [9.17, 15) is 9.90 Å². The lowest BCUT2D eigenvalue weighted by molar-refractivity contribution is -0.131. The molecule has 1 fully saturated rings. The second-order valence-corrected chi connectivity index (χ2v) is 6.64. The first-order valence-electron chi connectivity index (χ1n) is 9.11. The molecule has 130 valence electrons. The summed E-state index contributed by atoms with van der Waals surface area (Å²) in [6, 6.07) is 7.80. The Hall–Kier alpha value is -1.88. The normalized spacial score (nSPS) is 17.0. The van der Waals surface area contributed by atoms with Crippen molar-refractivity contribution in [1.82, 2.24) is 14.5 Å². The lowest BCUT2D eigenvalue weighted by Gasteiger charge is -2.22. The van der Waals surface area contributed by atoms with Crippen LogP contribution in [-0.4, -0.2) is 38.6 Å². The van der Waals surface area contributed by atoms with Gasteiger partial charge in [0, 0.05) is 13.1 Å². The first-order valence-corrected chi connectivity index (χ1v) is 9.11. The van der Waals surface area contributed by atoms with Gasteiger partial charge in [0.25, 0.3) is 0 Å². The van der Waals surface area contributed by atoms with Crippen molar-refractivity contribution in [1.29, 1.82) is 0 Å². The van der Waals surface area contributed by atoms with Gasteiger partial charge in [0.15, 0.2) is 0 Å². The molecule has 5 heteroatoms. The molecule has 3 rings (SSSR count). The first kappa shape index (κ1) is 17.0. The molecule has 1 unspecified atom stereocenters. The van der Waals surface area contributed by atoms with E-state index >= 15 is 0 Å². The van der Waals surface area contributed by atoms with Gasteiger partial charge in [-0.2, -0.15) is 0 Å². The van der Waals surface area contributed by atoms with E-state index in [1.165, 1.54) is 12.8 Å². The maximum Gasteiger partial charge on any atom is 0.242 e. The minimum atomic E-state index is -0.626. The predicted octanol–water partition coefficient (Wildman–Crippen LogP) is 3.27. The van der Waals surface area contributed by atoms with Crippen LogP contribution in [0.15, 0.2) is 24.3 Å². The highest BCUT2D eigenvalue weighted by Crippen LogP contribution is 2.24. The molecule has 1 atom stereocenters. The van der Waals surface area contributed by atoms with Crippen LogP contribution in [0.25, 0.3) is 11.0 Å². The zero-order valence-electron chi connectivity index (χ0n) is 14.4. The second-order valence-electron chi connectivity index (χ2n) is 6.64. The Morgan fingerprint density at radius 3 is 2.62 bits per heavy atom. The van der Waals surface area contributed by atoms with E-state index in [2.05, 4.69) is 4.98 Å². The van der Waals surface area contributed by atoms with Crippen LogP contribution in [0.1, 0.15) is 57.4 Å². The monoisotopic (exact) mass is 329 g/mol. The van der Waals surface area contributed by atoms with Gasteiger partial charge in [0.2, 0.25) is 5.91 Å². The highest BCUT2D eigenvalue weighted by atomic mass is 16.3. The highest BCUT2D eigenvalue weighted by Gasteiger charge is 2.22. The number of carbonyl (C=O) groups excluding carboxylic acids is 1. The zero-order chi connectivity index (χ0) is 16.9. The van der Waals surface area contributed by atoms with Crippen LogP contribution >= 0.6 is 0 Å². The Morgan fingerprint density at radius 2 is 1.92 bits per heavy atom. The molecule has 0 bridgehead atoms. The predicted molar refractivity (Wildman–Crippen MR) is 94.6 cm³/mol. The minimum Gasteiger partial charge on any atom is -0.385 e. The SMILES string of the molecule is CCCC(O)c1nc2ccccc2n1CC(=O)N1CCCCCC1. The Kier molecular flexibility index (Phi) is 5.51. The third-order valence-electron chi connectivity index (χ3n) is 4.80. The largest absolute Gasteiger partial charge is 0.385 e. The molecule has 0 aliphatic carbocycles. The Labute approximate surface area is 143 Å². The molecular formula is C19H27N3O2. The molecule has 1 amide bonds. The summed E-state index contributed by atoms with van der Waals surface area (Å²) < 4.78 is 1.91. The summed E-state index contributed by atoms with van der Waals surface area (Å²) in [5.74, 6) is 0.742. The maximum atomic E-state index is 12.8. The molecule has 1 aromatic carbocycles. The second kappa shape index (κ2) is 7.79. The summed E-state index contributed by atoms with van der Waals surface area (Å²) in [6.07, 6.45) is 5.49. The van der Waals surface area contributed by atoms with E-state index in [4.69, 9.17) is 0 Å². The number of fused-ring (bicyclic) bond motifs is 1. The molecule has 0 saturated carbocycles. The maximum absolute atomic E-state index is 12.8. The fourth-order valence-electron chi connectivity index (χ4n) is 3.47. The lowest BCUT2D eigenvalue weighted by atomic mass is 10.2. The van der Waals surface area contributed by atoms with Crippen LogP contribution in [0, 0.1) is 0 Å². The Balaban J connectivity index is 1.88. The molecule has 0 spiro atoms. The number of carbonyl (C=O) groups is 1. The van der Waals surface area contributed by atoms with Crippen molar-refractivity contribution in [2.45, 2.75) is 58.1 Å². The molecule has 5 nitrogen and oxygen atoms in total. The quantitative estimate of drug-likeness (QED) is 0.916. The summed E-state index contributed by atoms with van der Waals surface area (Å²) >= 11 is 0. The molecule has 2 aromatic rings.